The van der Waals surface area contributed by atoms with Gasteiger partial charge in [-0.05, 0) is 42.3 Å². The van der Waals surface area contributed by atoms with Gasteiger partial charge in [-0.3, -0.25) is 4.79 Å². The molecule has 0 aliphatic heterocycles. The molecule has 0 unspecified atom stereocenters. The van der Waals surface area contributed by atoms with Gasteiger partial charge in [0.1, 0.15) is 17.4 Å². The number of allylic oxidation sites excluding steroid dienone is 1. The van der Waals surface area contributed by atoms with Crippen molar-refractivity contribution in [1.82, 2.24) is 0 Å². The molecule has 2 aromatic rings. The van der Waals surface area contributed by atoms with Crippen LogP contribution < -0.4 is 4.74 Å². The van der Waals surface area contributed by atoms with Gasteiger partial charge in [0.05, 0.1) is 12.9 Å². The number of hydrogen-bond donors (Lipinski definition) is 0. The normalized spacial score (nSPS) is 11.0. The van der Waals surface area contributed by atoms with Crippen molar-refractivity contribution in [3.8, 4) is 11.8 Å². The number of ether oxygens (including phenoxy) is 1. The van der Waals surface area contributed by atoms with Crippen LogP contribution in [-0.4, -0.2) is 12.4 Å². The molecule has 4 heteroatoms. The standard InChI is InChI=1S/C18H17NO3/c1-2-3-10-21-16-8-6-14(7-9-16)12-15(13-19)18(20)17-5-4-11-22-17/h4-9,11-12H,2-3,10H2,1H3/b15-12+. The molecule has 0 atom stereocenters. The predicted octanol–water partition coefficient (Wildman–Crippen LogP) is 4.25. The first-order valence-electron chi connectivity index (χ1n) is 7.17. The van der Waals surface area contributed by atoms with Crippen LogP contribution in [0.3, 0.4) is 0 Å². The summed E-state index contributed by atoms with van der Waals surface area (Å²) < 4.78 is 10.6. The fraction of sp³-hybridized carbons (Fsp3) is 0.222. The van der Waals surface area contributed by atoms with E-state index in [-0.39, 0.29) is 11.3 Å². The van der Waals surface area contributed by atoms with Crippen LogP contribution in [0.1, 0.15) is 35.9 Å². The van der Waals surface area contributed by atoms with E-state index in [0.717, 1.165) is 24.2 Å². The number of rotatable bonds is 7. The van der Waals surface area contributed by atoms with Crippen LogP contribution in [-0.2, 0) is 0 Å². The lowest BCUT2D eigenvalue weighted by Crippen LogP contribution is -2.00. The van der Waals surface area contributed by atoms with Crippen molar-refractivity contribution in [3.05, 3.63) is 59.6 Å². The van der Waals surface area contributed by atoms with E-state index in [4.69, 9.17) is 14.4 Å². The molecular weight excluding hydrogens is 278 g/mol. The van der Waals surface area contributed by atoms with Gasteiger partial charge in [0.15, 0.2) is 5.76 Å². The quantitative estimate of drug-likeness (QED) is 0.331. The van der Waals surface area contributed by atoms with Gasteiger partial charge >= 0.3 is 0 Å². The minimum atomic E-state index is -0.421. The highest BCUT2D eigenvalue weighted by molar-refractivity contribution is 6.12. The maximum atomic E-state index is 12.1. The molecule has 1 heterocycles. The highest BCUT2D eigenvalue weighted by atomic mass is 16.5. The second kappa shape index (κ2) is 7.84. The van der Waals surface area contributed by atoms with Crippen LogP contribution in [0.2, 0.25) is 0 Å². The molecule has 1 aromatic carbocycles. The molecule has 0 saturated heterocycles. The smallest absolute Gasteiger partial charge is 0.238 e. The summed E-state index contributed by atoms with van der Waals surface area (Å²) in [6.45, 7) is 2.79. The predicted molar refractivity (Wildman–Crippen MR) is 83.5 cm³/mol. The first-order chi connectivity index (χ1) is 10.7. The molecule has 4 nitrogen and oxygen atoms in total. The Hall–Kier alpha value is -2.80. The summed E-state index contributed by atoms with van der Waals surface area (Å²) in [5.41, 5.74) is 0.800. The molecule has 2 rings (SSSR count). The Labute approximate surface area is 129 Å². The molecule has 0 amide bonds. The van der Waals surface area contributed by atoms with E-state index >= 15 is 0 Å². The zero-order chi connectivity index (χ0) is 15.8. The highest BCUT2D eigenvalue weighted by Gasteiger charge is 2.14. The van der Waals surface area contributed by atoms with E-state index in [1.807, 2.05) is 30.3 Å². The molecule has 0 aliphatic carbocycles. The summed E-state index contributed by atoms with van der Waals surface area (Å²) >= 11 is 0. The number of Topliss-reactive ketones (excluding diaryl/α,β-unsaturated/α-hetero) is 1. The van der Waals surface area contributed by atoms with Gasteiger partial charge in [0, 0.05) is 0 Å². The zero-order valence-electron chi connectivity index (χ0n) is 12.4. The van der Waals surface area contributed by atoms with E-state index in [2.05, 4.69) is 6.92 Å². The summed E-state index contributed by atoms with van der Waals surface area (Å²) in [6.07, 6.45) is 5.05. The number of hydrogen-bond acceptors (Lipinski definition) is 4. The van der Waals surface area contributed by atoms with Gasteiger partial charge in [-0.25, -0.2) is 0 Å². The topological polar surface area (TPSA) is 63.2 Å². The fourth-order valence-electron chi connectivity index (χ4n) is 1.85. The number of unbranched alkanes of at least 4 members (excludes halogenated alkanes) is 1. The average molecular weight is 295 g/mol. The number of nitrogens with zero attached hydrogens (tertiary/aromatic N) is 1. The minimum Gasteiger partial charge on any atom is -0.494 e. The van der Waals surface area contributed by atoms with Gasteiger partial charge in [-0.15, -0.1) is 0 Å². The Morgan fingerprint density at radius 1 is 1.32 bits per heavy atom. The van der Waals surface area contributed by atoms with Crippen molar-refractivity contribution in [2.24, 2.45) is 0 Å². The second-order valence-electron chi connectivity index (χ2n) is 4.75. The monoisotopic (exact) mass is 295 g/mol. The van der Waals surface area contributed by atoms with Gasteiger partial charge in [0.25, 0.3) is 0 Å². The van der Waals surface area contributed by atoms with Crippen molar-refractivity contribution < 1.29 is 13.9 Å². The lowest BCUT2D eigenvalue weighted by molar-refractivity contribution is 0.101. The van der Waals surface area contributed by atoms with Crippen LogP contribution in [0.15, 0.2) is 52.7 Å². The maximum absolute atomic E-state index is 12.1. The van der Waals surface area contributed by atoms with Gasteiger partial charge < -0.3 is 9.15 Å². The number of benzene rings is 1. The number of nitriles is 1. The molecule has 0 N–H and O–H groups in total. The SMILES string of the molecule is CCCCOc1ccc(/C=C(\C#N)C(=O)c2ccco2)cc1. The Bertz CT molecular complexity index is 676. The van der Waals surface area contributed by atoms with Crippen LogP contribution in [0, 0.1) is 11.3 Å². The zero-order valence-corrected chi connectivity index (χ0v) is 12.4. The highest BCUT2D eigenvalue weighted by Crippen LogP contribution is 2.17. The number of furan rings is 1. The lowest BCUT2D eigenvalue weighted by atomic mass is 10.1. The lowest BCUT2D eigenvalue weighted by Gasteiger charge is -2.05. The van der Waals surface area contributed by atoms with E-state index in [0.29, 0.717) is 6.61 Å². The van der Waals surface area contributed by atoms with Crippen LogP contribution in [0.5, 0.6) is 5.75 Å². The molecule has 1 aromatic heterocycles. The van der Waals surface area contributed by atoms with Crippen molar-refractivity contribution in [3.63, 3.8) is 0 Å². The Morgan fingerprint density at radius 2 is 2.09 bits per heavy atom. The number of carbonyl (C=O) groups is 1. The van der Waals surface area contributed by atoms with Crippen LogP contribution >= 0.6 is 0 Å². The van der Waals surface area contributed by atoms with Gasteiger partial charge in [0.2, 0.25) is 5.78 Å². The molecule has 22 heavy (non-hydrogen) atoms. The van der Waals surface area contributed by atoms with E-state index in [1.165, 1.54) is 12.3 Å². The Kier molecular flexibility index (Phi) is 5.56. The van der Waals surface area contributed by atoms with Crippen LogP contribution in [0.4, 0.5) is 0 Å². The molecule has 112 valence electrons. The summed E-state index contributed by atoms with van der Waals surface area (Å²) in [5.74, 6) is 0.518. The minimum absolute atomic E-state index is 0.0367. The van der Waals surface area contributed by atoms with E-state index in [9.17, 15) is 4.79 Å². The molecular formula is C18H17NO3. The maximum Gasteiger partial charge on any atom is 0.238 e. The van der Waals surface area contributed by atoms with Crippen molar-refractivity contribution >= 4 is 11.9 Å². The first-order valence-corrected chi connectivity index (χ1v) is 7.17. The summed E-state index contributed by atoms with van der Waals surface area (Å²) in [5, 5.41) is 9.15. The number of carbonyl (C=O) groups excluding carboxylic acids is 1. The third-order valence-corrected chi connectivity index (χ3v) is 3.07. The van der Waals surface area contributed by atoms with E-state index in [1.54, 1.807) is 12.1 Å². The third kappa shape index (κ3) is 4.10. The molecule has 0 aliphatic rings. The van der Waals surface area contributed by atoms with Gasteiger partial charge in [-0.1, -0.05) is 25.5 Å². The van der Waals surface area contributed by atoms with Crippen LogP contribution in [0.25, 0.3) is 6.08 Å². The first kappa shape index (κ1) is 15.6. The summed E-state index contributed by atoms with van der Waals surface area (Å²) in [4.78, 5) is 12.1. The molecule has 0 spiro atoms. The van der Waals surface area contributed by atoms with Gasteiger partial charge in [-0.2, -0.15) is 5.26 Å². The number of ketones is 1. The van der Waals surface area contributed by atoms with Crippen molar-refractivity contribution in [1.29, 1.82) is 5.26 Å². The Balaban J connectivity index is 2.10. The second-order valence-corrected chi connectivity index (χ2v) is 4.75. The molecule has 0 bridgehead atoms. The van der Waals surface area contributed by atoms with Crippen molar-refractivity contribution in [2.45, 2.75) is 19.8 Å². The largest absolute Gasteiger partial charge is 0.494 e. The fourth-order valence-corrected chi connectivity index (χ4v) is 1.85. The third-order valence-electron chi connectivity index (χ3n) is 3.07. The van der Waals surface area contributed by atoms with E-state index < -0.39 is 5.78 Å². The molecule has 0 radical (unpaired) electrons. The van der Waals surface area contributed by atoms with Crippen molar-refractivity contribution in [2.75, 3.05) is 6.61 Å². The Morgan fingerprint density at radius 3 is 2.68 bits per heavy atom. The summed E-state index contributed by atoms with van der Waals surface area (Å²) in [6, 6.07) is 12.4. The molecule has 0 saturated carbocycles. The summed E-state index contributed by atoms with van der Waals surface area (Å²) in [7, 11) is 0. The molecule has 0 fully saturated rings. The average Bonchev–Trinajstić information content (AvgIpc) is 3.08.